The van der Waals surface area contributed by atoms with E-state index in [1.165, 1.54) is 173 Å². The van der Waals surface area contributed by atoms with Gasteiger partial charge in [-0.25, -0.2) is 0 Å². The third-order valence-corrected chi connectivity index (χ3v) is 14.9. The number of hydrogen-bond donors (Lipinski definition) is 0. The Bertz CT molecular complexity index is 1500. The molecule has 0 bridgehead atoms. The van der Waals surface area contributed by atoms with Crippen LogP contribution in [0.25, 0.3) is 0 Å². The molecule has 0 aromatic carbocycles. The molecule has 0 rings (SSSR count). The van der Waals surface area contributed by atoms with Crippen molar-refractivity contribution < 1.29 is 28.6 Å². The summed E-state index contributed by atoms with van der Waals surface area (Å²) in [5.41, 5.74) is 0. The van der Waals surface area contributed by atoms with Gasteiger partial charge >= 0.3 is 17.9 Å². The fourth-order valence-corrected chi connectivity index (χ4v) is 9.80. The lowest BCUT2D eigenvalue weighted by Crippen LogP contribution is -2.30. The molecular formula is C73H128O6. The van der Waals surface area contributed by atoms with Gasteiger partial charge in [0.1, 0.15) is 13.2 Å². The van der Waals surface area contributed by atoms with Crippen molar-refractivity contribution in [1.82, 2.24) is 0 Å². The van der Waals surface area contributed by atoms with Gasteiger partial charge in [0, 0.05) is 19.3 Å². The fraction of sp³-hybridized carbons (Fsp3) is 0.767. The Morgan fingerprint density at radius 1 is 0.266 bits per heavy atom. The molecule has 0 heterocycles. The standard InChI is InChI=1S/C73H128O6/c1-4-7-10-13-16-19-22-25-27-29-31-32-33-34-35-36-37-38-39-40-42-43-45-48-51-54-57-60-63-66-72(75)78-69-70(68-77-71(74)65-62-59-56-53-50-47-24-21-18-15-12-9-6-3)79-73(76)67-64-61-58-55-52-49-46-44-41-30-28-26-23-20-17-14-11-8-5-2/h8,11-12,15,17,20-21,24,26,28,41,44,49,52,70H,4-7,9-10,13-14,16,18-19,22-23,25,27,29-40,42-43,45-48,50-51,53-69H2,1-3H3/b11-8-,15-12-,20-17-,24-21-,28-26-,44-41-,52-49-. The lowest BCUT2D eigenvalue weighted by molar-refractivity contribution is -0.167. The number of carbonyl (C=O) groups excluding carboxylic acids is 3. The van der Waals surface area contributed by atoms with Crippen LogP contribution in [0.4, 0.5) is 0 Å². The van der Waals surface area contributed by atoms with Crippen LogP contribution in [-0.2, 0) is 28.6 Å². The van der Waals surface area contributed by atoms with Gasteiger partial charge in [-0.05, 0) is 89.9 Å². The lowest BCUT2D eigenvalue weighted by Gasteiger charge is -2.18. The number of unbranched alkanes of at least 4 members (excludes halogenated alkanes) is 37. The Morgan fingerprint density at radius 2 is 0.519 bits per heavy atom. The summed E-state index contributed by atoms with van der Waals surface area (Å²) in [7, 11) is 0. The first-order chi connectivity index (χ1) is 39.0. The van der Waals surface area contributed by atoms with Gasteiger partial charge in [-0.3, -0.25) is 14.4 Å². The summed E-state index contributed by atoms with van der Waals surface area (Å²) in [5, 5.41) is 0. The molecule has 456 valence electrons. The number of ether oxygens (including phenoxy) is 3. The zero-order valence-corrected chi connectivity index (χ0v) is 52.4. The van der Waals surface area contributed by atoms with Crippen LogP contribution < -0.4 is 0 Å². The third kappa shape index (κ3) is 65.3. The Balaban J connectivity index is 4.25. The molecule has 79 heavy (non-hydrogen) atoms. The lowest BCUT2D eigenvalue weighted by atomic mass is 10.0. The van der Waals surface area contributed by atoms with E-state index in [4.69, 9.17) is 14.2 Å². The molecule has 0 N–H and O–H groups in total. The molecule has 0 fully saturated rings. The van der Waals surface area contributed by atoms with E-state index in [9.17, 15) is 14.4 Å². The molecule has 6 nitrogen and oxygen atoms in total. The number of allylic oxidation sites excluding steroid dienone is 14. The third-order valence-electron chi connectivity index (χ3n) is 14.9. The minimum atomic E-state index is -0.801. The summed E-state index contributed by atoms with van der Waals surface area (Å²) < 4.78 is 16.9. The largest absolute Gasteiger partial charge is 0.462 e. The maximum absolute atomic E-state index is 12.9. The van der Waals surface area contributed by atoms with Gasteiger partial charge in [0.05, 0.1) is 0 Å². The molecule has 1 unspecified atom stereocenters. The number of rotatable bonds is 62. The minimum Gasteiger partial charge on any atom is -0.462 e. The first-order valence-corrected chi connectivity index (χ1v) is 34.1. The Labute approximate surface area is 490 Å². The average molecular weight is 1100 g/mol. The molecule has 0 saturated heterocycles. The van der Waals surface area contributed by atoms with E-state index >= 15 is 0 Å². The van der Waals surface area contributed by atoms with E-state index in [0.717, 1.165) is 128 Å². The van der Waals surface area contributed by atoms with Crippen molar-refractivity contribution in [2.45, 2.75) is 348 Å². The van der Waals surface area contributed by atoms with E-state index in [1.54, 1.807) is 0 Å². The first kappa shape index (κ1) is 75.6. The minimum absolute atomic E-state index is 0.0923. The van der Waals surface area contributed by atoms with Gasteiger partial charge in [-0.2, -0.15) is 0 Å². The van der Waals surface area contributed by atoms with E-state index in [-0.39, 0.29) is 37.5 Å². The van der Waals surface area contributed by atoms with Gasteiger partial charge in [0.2, 0.25) is 0 Å². The molecule has 0 aliphatic rings. The van der Waals surface area contributed by atoms with Crippen LogP contribution in [0.1, 0.15) is 342 Å². The predicted molar refractivity (Wildman–Crippen MR) is 344 cm³/mol. The summed E-state index contributed by atoms with van der Waals surface area (Å²) in [5.74, 6) is -0.926. The highest BCUT2D eigenvalue weighted by atomic mass is 16.6. The summed E-state index contributed by atoms with van der Waals surface area (Å²) in [6.07, 6.45) is 89.1. The fourth-order valence-electron chi connectivity index (χ4n) is 9.80. The van der Waals surface area contributed by atoms with Crippen LogP contribution in [0.3, 0.4) is 0 Å². The van der Waals surface area contributed by atoms with E-state index < -0.39 is 6.10 Å². The zero-order chi connectivity index (χ0) is 57.1. The van der Waals surface area contributed by atoms with Crippen molar-refractivity contribution in [3.8, 4) is 0 Å². The maximum atomic E-state index is 12.9. The molecule has 1 atom stereocenters. The maximum Gasteiger partial charge on any atom is 0.306 e. The number of carbonyl (C=O) groups is 3. The number of esters is 3. The van der Waals surface area contributed by atoms with Gasteiger partial charge in [0.15, 0.2) is 6.10 Å². The molecular weight excluding hydrogens is 973 g/mol. The van der Waals surface area contributed by atoms with Crippen LogP contribution in [0.2, 0.25) is 0 Å². The zero-order valence-electron chi connectivity index (χ0n) is 52.4. The van der Waals surface area contributed by atoms with Crippen molar-refractivity contribution in [3.63, 3.8) is 0 Å². The van der Waals surface area contributed by atoms with Gasteiger partial charge < -0.3 is 14.2 Å². The molecule has 0 aliphatic heterocycles. The topological polar surface area (TPSA) is 78.9 Å². The van der Waals surface area contributed by atoms with Crippen molar-refractivity contribution in [2.24, 2.45) is 0 Å². The van der Waals surface area contributed by atoms with Gasteiger partial charge in [-0.1, -0.05) is 318 Å². The van der Waals surface area contributed by atoms with Crippen molar-refractivity contribution >= 4 is 17.9 Å². The highest BCUT2D eigenvalue weighted by Crippen LogP contribution is 2.18. The summed E-state index contributed by atoms with van der Waals surface area (Å²) in [6, 6.07) is 0. The van der Waals surface area contributed by atoms with Crippen LogP contribution in [0, 0.1) is 0 Å². The molecule has 0 saturated carbocycles. The average Bonchev–Trinajstić information content (AvgIpc) is 3.45. The Morgan fingerprint density at radius 3 is 0.835 bits per heavy atom. The van der Waals surface area contributed by atoms with E-state index in [1.807, 2.05) is 0 Å². The molecule has 0 radical (unpaired) electrons. The molecule has 0 aromatic rings. The highest BCUT2D eigenvalue weighted by molar-refractivity contribution is 5.71. The summed E-state index contributed by atoms with van der Waals surface area (Å²) in [6.45, 7) is 6.46. The molecule has 0 aliphatic carbocycles. The smallest absolute Gasteiger partial charge is 0.306 e. The second kappa shape index (κ2) is 67.1. The molecule has 0 amide bonds. The van der Waals surface area contributed by atoms with Crippen LogP contribution >= 0.6 is 0 Å². The van der Waals surface area contributed by atoms with E-state index in [0.29, 0.717) is 12.8 Å². The molecule has 6 heteroatoms. The molecule has 0 spiro atoms. The van der Waals surface area contributed by atoms with Crippen LogP contribution in [0.5, 0.6) is 0 Å². The molecule has 0 aromatic heterocycles. The van der Waals surface area contributed by atoms with Crippen LogP contribution in [0.15, 0.2) is 85.1 Å². The normalized spacial score (nSPS) is 12.6. The second-order valence-electron chi connectivity index (χ2n) is 22.7. The van der Waals surface area contributed by atoms with Gasteiger partial charge in [0.25, 0.3) is 0 Å². The first-order valence-electron chi connectivity index (χ1n) is 34.1. The Hall–Kier alpha value is -3.41. The van der Waals surface area contributed by atoms with Crippen molar-refractivity contribution in [2.75, 3.05) is 13.2 Å². The SMILES string of the molecule is CC/C=C\C/C=C\C/C=C\C/C=C\C/C=C\CCCCCC(=O)OC(COC(=O)CCCCCCC/C=C\C/C=C\CCC)COC(=O)CCCCCCCCCCCCCCCCCCCCCCCCCCCCCCC. The quantitative estimate of drug-likeness (QED) is 0.0261. The van der Waals surface area contributed by atoms with Crippen molar-refractivity contribution in [1.29, 1.82) is 0 Å². The predicted octanol–water partition coefficient (Wildman–Crippen LogP) is 23.4. The highest BCUT2D eigenvalue weighted by Gasteiger charge is 2.19. The van der Waals surface area contributed by atoms with Crippen LogP contribution in [-0.4, -0.2) is 37.2 Å². The van der Waals surface area contributed by atoms with E-state index in [2.05, 4.69) is 106 Å². The second-order valence-corrected chi connectivity index (χ2v) is 22.7. The number of hydrogen-bond acceptors (Lipinski definition) is 6. The van der Waals surface area contributed by atoms with Crippen molar-refractivity contribution in [3.05, 3.63) is 85.1 Å². The summed E-state index contributed by atoms with van der Waals surface area (Å²) in [4.78, 5) is 38.3. The Kier molecular flexibility index (Phi) is 64.2. The summed E-state index contributed by atoms with van der Waals surface area (Å²) >= 11 is 0. The van der Waals surface area contributed by atoms with Gasteiger partial charge in [-0.15, -0.1) is 0 Å². The monoisotopic (exact) mass is 1100 g/mol.